The second kappa shape index (κ2) is 11.9. The number of methoxy groups -OCH3 is 1. The molecular weight excluding hydrogens is 624 g/mol. The molecule has 0 saturated carbocycles. The highest BCUT2D eigenvalue weighted by molar-refractivity contribution is 9.11. The van der Waals surface area contributed by atoms with Gasteiger partial charge >= 0.3 is 0 Å². The molecule has 190 valence electrons. The minimum absolute atomic E-state index is 0.0109. The summed E-state index contributed by atoms with van der Waals surface area (Å²) in [4.78, 5) is 27.3. The van der Waals surface area contributed by atoms with E-state index >= 15 is 0 Å². The van der Waals surface area contributed by atoms with Crippen molar-refractivity contribution >= 4 is 72.8 Å². The van der Waals surface area contributed by atoms with E-state index < -0.39 is 11.8 Å². The Morgan fingerprint density at radius 2 is 1.73 bits per heavy atom. The van der Waals surface area contributed by atoms with Gasteiger partial charge < -0.3 is 14.2 Å². The Morgan fingerprint density at radius 3 is 2.41 bits per heavy atom. The number of halogens is 2. The maximum atomic E-state index is 13.3. The Kier molecular flexibility index (Phi) is 8.63. The molecule has 0 atom stereocenters. The highest BCUT2D eigenvalue weighted by Gasteiger charge is 2.34. The van der Waals surface area contributed by atoms with E-state index in [9.17, 15) is 9.59 Å². The molecule has 1 aliphatic heterocycles. The van der Waals surface area contributed by atoms with Crippen LogP contribution in [-0.2, 0) is 16.2 Å². The lowest BCUT2D eigenvalue weighted by atomic mass is 10.1. The van der Waals surface area contributed by atoms with Gasteiger partial charge in [0.2, 0.25) is 0 Å². The Bertz CT molecular complexity index is 1390. The minimum atomic E-state index is -0.573. The molecule has 0 aliphatic carbocycles. The maximum absolute atomic E-state index is 13.3. The maximum Gasteiger partial charge on any atom is 0.270 e. The number of hydrogen-bond donors (Lipinski definition) is 1. The fourth-order valence-electron chi connectivity index (χ4n) is 3.60. The molecule has 7 nitrogen and oxygen atoms in total. The summed E-state index contributed by atoms with van der Waals surface area (Å²) < 4.78 is 18.8. The molecule has 2 amide bonds. The van der Waals surface area contributed by atoms with Gasteiger partial charge in [0, 0.05) is 14.5 Å². The quantitative estimate of drug-likeness (QED) is 0.183. The van der Waals surface area contributed by atoms with Crippen LogP contribution < -0.4 is 24.4 Å². The smallest absolute Gasteiger partial charge is 0.270 e. The number of anilines is 1. The number of hydrogen-bond acceptors (Lipinski definition) is 6. The van der Waals surface area contributed by atoms with E-state index in [1.807, 2.05) is 25.1 Å². The number of ether oxygens (including phenoxy) is 3. The SMILES string of the molecule is CCOc1ccc(N2C(=O)/C(=C/c3ccc(OCc4ccc(Br)cc4Br)c(OC)c3)C(=O)NC2=S)cc1. The van der Waals surface area contributed by atoms with Crippen molar-refractivity contribution in [3.63, 3.8) is 0 Å². The van der Waals surface area contributed by atoms with E-state index in [1.165, 1.54) is 18.1 Å². The van der Waals surface area contributed by atoms with Crippen LogP contribution in [0, 0.1) is 0 Å². The first kappa shape index (κ1) is 26.8. The number of carbonyl (C=O) groups excluding carboxylic acids is 2. The van der Waals surface area contributed by atoms with Crippen LogP contribution in [0.15, 0.2) is 75.2 Å². The third kappa shape index (κ3) is 6.20. The third-order valence-corrected chi connectivity index (χ3v) is 6.92. The van der Waals surface area contributed by atoms with Crippen LogP contribution in [0.25, 0.3) is 6.08 Å². The van der Waals surface area contributed by atoms with Crippen molar-refractivity contribution < 1.29 is 23.8 Å². The summed E-state index contributed by atoms with van der Waals surface area (Å²) in [5.74, 6) is 0.554. The highest BCUT2D eigenvalue weighted by Crippen LogP contribution is 2.32. The predicted molar refractivity (Wildman–Crippen MR) is 153 cm³/mol. The van der Waals surface area contributed by atoms with Crippen molar-refractivity contribution in [3.05, 3.63) is 86.3 Å². The molecule has 1 heterocycles. The summed E-state index contributed by atoms with van der Waals surface area (Å²) in [5, 5.41) is 2.60. The second-order valence-electron chi connectivity index (χ2n) is 7.82. The van der Waals surface area contributed by atoms with Crippen LogP contribution in [-0.4, -0.2) is 30.6 Å². The van der Waals surface area contributed by atoms with Gasteiger partial charge in [0.05, 0.1) is 19.4 Å². The molecule has 4 rings (SSSR count). The molecule has 10 heteroatoms. The number of thiocarbonyl (C=S) groups is 1. The van der Waals surface area contributed by atoms with Crippen molar-refractivity contribution in [2.24, 2.45) is 0 Å². The average molecular weight is 646 g/mol. The molecule has 1 N–H and O–H groups in total. The lowest BCUT2D eigenvalue weighted by Crippen LogP contribution is -2.54. The van der Waals surface area contributed by atoms with Gasteiger partial charge in [0.25, 0.3) is 11.8 Å². The van der Waals surface area contributed by atoms with Crippen LogP contribution in [0.2, 0.25) is 0 Å². The van der Waals surface area contributed by atoms with Gasteiger partial charge in [-0.3, -0.25) is 19.8 Å². The van der Waals surface area contributed by atoms with E-state index in [0.717, 1.165) is 14.5 Å². The van der Waals surface area contributed by atoms with Crippen LogP contribution in [0.3, 0.4) is 0 Å². The zero-order valence-corrected chi connectivity index (χ0v) is 23.9. The minimum Gasteiger partial charge on any atom is -0.494 e. The molecule has 0 aromatic heterocycles. The molecule has 0 bridgehead atoms. The van der Waals surface area contributed by atoms with Crippen molar-refractivity contribution in [2.75, 3.05) is 18.6 Å². The van der Waals surface area contributed by atoms with Gasteiger partial charge in [-0.15, -0.1) is 0 Å². The van der Waals surface area contributed by atoms with Gasteiger partial charge in [-0.05, 0) is 79.3 Å². The molecule has 3 aromatic carbocycles. The molecule has 37 heavy (non-hydrogen) atoms. The number of carbonyl (C=O) groups is 2. The first-order chi connectivity index (χ1) is 17.8. The standard InChI is InChI=1S/C27H22Br2N2O5S/c1-3-35-20-9-7-19(8-10-20)31-26(33)21(25(32)30-27(31)37)12-16-4-11-23(24(13-16)34-2)36-15-17-5-6-18(28)14-22(17)29/h4-14H,3,15H2,1-2H3,(H,30,32,37)/b21-12+. The summed E-state index contributed by atoms with van der Waals surface area (Å²) in [7, 11) is 1.53. The average Bonchev–Trinajstić information content (AvgIpc) is 2.87. The third-order valence-electron chi connectivity index (χ3n) is 5.40. The fourth-order valence-corrected chi connectivity index (χ4v) is 5.05. The Hall–Kier alpha value is -3.21. The van der Waals surface area contributed by atoms with E-state index in [0.29, 0.717) is 41.7 Å². The van der Waals surface area contributed by atoms with Crippen molar-refractivity contribution in [2.45, 2.75) is 13.5 Å². The molecule has 1 fully saturated rings. The summed E-state index contributed by atoms with van der Waals surface area (Å²) in [6.07, 6.45) is 1.50. The van der Waals surface area contributed by atoms with E-state index in [4.69, 9.17) is 26.4 Å². The highest BCUT2D eigenvalue weighted by atomic mass is 79.9. The number of amides is 2. The number of rotatable bonds is 8. The Labute approximate surface area is 236 Å². The fraction of sp³-hybridized carbons (Fsp3) is 0.148. The zero-order valence-electron chi connectivity index (χ0n) is 19.9. The summed E-state index contributed by atoms with van der Waals surface area (Å²) in [5.41, 5.74) is 2.01. The summed E-state index contributed by atoms with van der Waals surface area (Å²) in [6, 6.07) is 17.9. The molecule has 1 saturated heterocycles. The van der Waals surface area contributed by atoms with Crippen LogP contribution in [0.5, 0.6) is 17.2 Å². The van der Waals surface area contributed by atoms with Crippen molar-refractivity contribution in [1.29, 1.82) is 0 Å². The van der Waals surface area contributed by atoms with Crippen LogP contribution in [0.1, 0.15) is 18.1 Å². The lowest BCUT2D eigenvalue weighted by Gasteiger charge is -2.29. The van der Waals surface area contributed by atoms with Gasteiger partial charge in [-0.25, -0.2) is 0 Å². The number of benzene rings is 3. The Morgan fingerprint density at radius 1 is 0.973 bits per heavy atom. The Balaban J connectivity index is 1.57. The molecule has 3 aromatic rings. The van der Waals surface area contributed by atoms with Gasteiger partial charge in [0.15, 0.2) is 16.6 Å². The van der Waals surface area contributed by atoms with Crippen LogP contribution in [0.4, 0.5) is 5.69 Å². The topological polar surface area (TPSA) is 77.1 Å². The summed E-state index contributed by atoms with van der Waals surface area (Å²) >= 11 is 12.2. The van der Waals surface area contributed by atoms with E-state index in [-0.39, 0.29) is 10.7 Å². The van der Waals surface area contributed by atoms with Gasteiger partial charge in [0.1, 0.15) is 17.9 Å². The summed E-state index contributed by atoms with van der Waals surface area (Å²) in [6.45, 7) is 2.73. The molecule has 0 radical (unpaired) electrons. The first-order valence-electron chi connectivity index (χ1n) is 11.2. The number of nitrogens with one attached hydrogen (secondary N) is 1. The monoisotopic (exact) mass is 644 g/mol. The van der Waals surface area contributed by atoms with Crippen LogP contribution >= 0.6 is 44.1 Å². The largest absolute Gasteiger partial charge is 0.494 e. The molecule has 0 unspecified atom stereocenters. The predicted octanol–water partition coefficient (Wildman–Crippen LogP) is 6.03. The lowest BCUT2D eigenvalue weighted by molar-refractivity contribution is -0.122. The van der Waals surface area contributed by atoms with Gasteiger partial charge in [-0.2, -0.15) is 0 Å². The van der Waals surface area contributed by atoms with Crippen molar-refractivity contribution in [1.82, 2.24) is 5.32 Å². The van der Waals surface area contributed by atoms with E-state index in [1.54, 1.807) is 42.5 Å². The normalized spacial score (nSPS) is 14.5. The number of nitrogens with zero attached hydrogens (tertiary/aromatic N) is 1. The second-order valence-corrected chi connectivity index (χ2v) is 9.98. The van der Waals surface area contributed by atoms with Gasteiger partial charge in [-0.1, -0.05) is 44.0 Å². The molecular formula is C27H22Br2N2O5S. The first-order valence-corrected chi connectivity index (χ1v) is 13.2. The van der Waals surface area contributed by atoms with E-state index in [2.05, 4.69) is 37.2 Å². The van der Waals surface area contributed by atoms with Crippen molar-refractivity contribution in [3.8, 4) is 17.2 Å². The zero-order chi connectivity index (χ0) is 26.5. The molecule has 0 spiro atoms. The molecule has 1 aliphatic rings.